The molecule has 1 heterocycles. The van der Waals surface area contributed by atoms with E-state index in [1.807, 2.05) is 0 Å². The van der Waals surface area contributed by atoms with E-state index in [0.717, 1.165) is 6.33 Å². The minimum Gasteiger partial charge on any atom is -0.383 e. The van der Waals surface area contributed by atoms with Crippen molar-refractivity contribution < 1.29 is 14.4 Å². The summed E-state index contributed by atoms with van der Waals surface area (Å²) < 4.78 is 11.1. The van der Waals surface area contributed by atoms with Crippen LogP contribution in [-0.4, -0.2) is 19.1 Å². The fourth-order valence-electron chi connectivity index (χ4n) is 0.516. The lowest BCUT2D eigenvalue weighted by molar-refractivity contribution is 0.362. The van der Waals surface area contributed by atoms with Crippen LogP contribution in [0.25, 0.3) is 0 Å². The van der Waals surface area contributed by atoms with Crippen LogP contribution in [0.15, 0.2) is 12.5 Å². The van der Waals surface area contributed by atoms with Crippen molar-refractivity contribution in [2.24, 2.45) is 0 Å². The van der Waals surface area contributed by atoms with Crippen LogP contribution in [-0.2, 0) is 4.57 Å². The van der Waals surface area contributed by atoms with Gasteiger partial charge in [0, 0.05) is 0 Å². The van der Waals surface area contributed by atoms with Gasteiger partial charge in [-0.05, 0) is 0 Å². The third-order valence-corrected chi connectivity index (χ3v) is 1.82. The van der Waals surface area contributed by atoms with Gasteiger partial charge < -0.3 is 15.5 Å². The van der Waals surface area contributed by atoms with E-state index in [1.165, 1.54) is 6.20 Å². The molecule has 0 fully saturated rings. The summed E-state index contributed by atoms with van der Waals surface area (Å²) >= 11 is 0. The number of imidazole rings is 1. The quantitative estimate of drug-likeness (QED) is 0.480. The predicted octanol–water partition coefficient (Wildman–Crippen LogP) is -0.594. The molecule has 7 heteroatoms. The van der Waals surface area contributed by atoms with Crippen LogP contribution in [0.1, 0.15) is 0 Å². The Balaban J connectivity index is 3.18. The van der Waals surface area contributed by atoms with Gasteiger partial charge in [0.15, 0.2) is 0 Å². The molecule has 1 rings (SSSR count). The zero-order valence-electron chi connectivity index (χ0n) is 4.88. The molecule has 0 spiro atoms. The van der Waals surface area contributed by atoms with Gasteiger partial charge in [0.2, 0.25) is 0 Å². The molecule has 1 aromatic rings. The van der Waals surface area contributed by atoms with Crippen LogP contribution in [0.2, 0.25) is 0 Å². The maximum Gasteiger partial charge on any atom is 0.436 e. The highest BCUT2D eigenvalue weighted by Crippen LogP contribution is 2.38. The highest BCUT2D eigenvalue weighted by molar-refractivity contribution is 7.50. The van der Waals surface area contributed by atoms with E-state index in [1.54, 1.807) is 0 Å². The number of hydrogen-bond acceptors (Lipinski definition) is 3. The molecule has 0 aliphatic heterocycles. The minimum absolute atomic E-state index is 0.0478. The summed E-state index contributed by atoms with van der Waals surface area (Å²) in [6, 6.07) is 0. The summed E-state index contributed by atoms with van der Waals surface area (Å²) in [5.74, 6) is -0.0478. The summed E-state index contributed by atoms with van der Waals surface area (Å²) in [6.45, 7) is 0. The molecule has 0 radical (unpaired) electrons. The van der Waals surface area contributed by atoms with E-state index in [4.69, 9.17) is 15.5 Å². The van der Waals surface area contributed by atoms with Gasteiger partial charge in [-0.2, -0.15) is 0 Å². The van der Waals surface area contributed by atoms with Crippen LogP contribution in [0, 0.1) is 0 Å². The third kappa shape index (κ3) is 1.18. The topological polar surface area (TPSA) is 101 Å². The molecule has 6 nitrogen and oxygen atoms in total. The molecule has 0 bridgehead atoms. The van der Waals surface area contributed by atoms with Crippen molar-refractivity contribution >= 4 is 13.6 Å². The maximum atomic E-state index is 10.5. The average Bonchev–Trinajstić information content (AvgIpc) is 2.11. The van der Waals surface area contributed by atoms with Crippen LogP contribution in [0.4, 0.5) is 5.82 Å². The second-order valence-corrected chi connectivity index (χ2v) is 3.13. The average molecular weight is 163 g/mol. The van der Waals surface area contributed by atoms with Crippen LogP contribution < -0.4 is 5.73 Å². The van der Waals surface area contributed by atoms with Gasteiger partial charge in [-0.3, -0.25) is 0 Å². The van der Waals surface area contributed by atoms with Crippen molar-refractivity contribution in [2.75, 3.05) is 5.73 Å². The largest absolute Gasteiger partial charge is 0.436 e. The van der Waals surface area contributed by atoms with Gasteiger partial charge in [0.05, 0.1) is 6.20 Å². The van der Waals surface area contributed by atoms with Crippen molar-refractivity contribution in [3.05, 3.63) is 12.5 Å². The molecular weight excluding hydrogens is 157 g/mol. The molecule has 0 aromatic carbocycles. The first kappa shape index (κ1) is 7.27. The molecule has 0 atom stereocenters. The lowest BCUT2D eigenvalue weighted by Gasteiger charge is -2.04. The van der Waals surface area contributed by atoms with E-state index in [9.17, 15) is 4.57 Å². The standard InChI is InChI=1S/C3H6N3O3P/c4-3-1-5-2-6(3)10(7,8)9/h1-2H,4H2,(H2,7,8,9). The van der Waals surface area contributed by atoms with E-state index in [-0.39, 0.29) is 5.82 Å². The number of hydrogen-bond donors (Lipinski definition) is 3. The van der Waals surface area contributed by atoms with Crippen LogP contribution in [0.5, 0.6) is 0 Å². The summed E-state index contributed by atoms with van der Waals surface area (Å²) in [7, 11) is -4.28. The Hall–Kier alpha value is -0.840. The maximum absolute atomic E-state index is 10.5. The highest BCUT2D eigenvalue weighted by atomic mass is 31.2. The molecule has 0 unspecified atom stereocenters. The number of nitrogens with two attached hydrogens (primary N) is 1. The van der Waals surface area contributed by atoms with Gasteiger partial charge in [-0.25, -0.2) is 13.9 Å². The fourth-order valence-corrected chi connectivity index (χ4v) is 1.06. The first-order valence-corrected chi connectivity index (χ1v) is 3.92. The fraction of sp³-hybridized carbons (Fsp3) is 0. The molecule has 1 aromatic heterocycles. The van der Waals surface area contributed by atoms with Crippen LogP contribution in [0.3, 0.4) is 0 Å². The SMILES string of the molecule is Nc1cncn1P(=O)(O)O. The molecule has 0 amide bonds. The van der Waals surface area contributed by atoms with Gasteiger partial charge >= 0.3 is 7.75 Å². The van der Waals surface area contributed by atoms with Crippen molar-refractivity contribution in [1.29, 1.82) is 0 Å². The smallest absolute Gasteiger partial charge is 0.383 e. The Kier molecular flexibility index (Phi) is 1.52. The third-order valence-electron chi connectivity index (χ3n) is 0.928. The molecule has 4 N–H and O–H groups in total. The normalized spacial score (nSPS) is 11.8. The monoisotopic (exact) mass is 163 g/mol. The molecule has 0 saturated carbocycles. The Morgan fingerprint density at radius 2 is 2.30 bits per heavy atom. The Labute approximate surface area is 56.5 Å². The second-order valence-electron chi connectivity index (χ2n) is 1.68. The molecule has 0 saturated heterocycles. The van der Waals surface area contributed by atoms with E-state index < -0.39 is 7.75 Å². The van der Waals surface area contributed by atoms with Gasteiger partial charge in [0.25, 0.3) is 0 Å². The highest BCUT2D eigenvalue weighted by Gasteiger charge is 2.17. The molecular formula is C3H6N3O3P. The van der Waals surface area contributed by atoms with Gasteiger partial charge in [0.1, 0.15) is 12.1 Å². The summed E-state index contributed by atoms with van der Waals surface area (Å²) in [6.07, 6.45) is 2.15. The number of rotatable bonds is 1. The Bertz CT molecular complexity index is 276. The number of anilines is 1. The molecule has 10 heavy (non-hydrogen) atoms. The first-order valence-electron chi connectivity index (χ1n) is 2.36. The number of aromatic nitrogens is 2. The van der Waals surface area contributed by atoms with Crippen molar-refractivity contribution in [1.82, 2.24) is 9.32 Å². The zero-order chi connectivity index (χ0) is 7.78. The number of nitrogens with zero attached hydrogens (tertiary/aromatic N) is 2. The van der Waals surface area contributed by atoms with E-state index in [0.29, 0.717) is 4.34 Å². The van der Waals surface area contributed by atoms with E-state index >= 15 is 0 Å². The van der Waals surface area contributed by atoms with Crippen molar-refractivity contribution in [3.63, 3.8) is 0 Å². The first-order chi connectivity index (χ1) is 4.52. The van der Waals surface area contributed by atoms with Gasteiger partial charge in [-0.1, -0.05) is 0 Å². The summed E-state index contributed by atoms with van der Waals surface area (Å²) in [5, 5.41) is 0. The molecule has 0 aliphatic rings. The lowest BCUT2D eigenvalue weighted by atomic mass is 10.8. The van der Waals surface area contributed by atoms with Gasteiger partial charge in [-0.15, -0.1) is 0 Å². The van der Waals surface area contributed by atoms with E-state index in [2.05, 4.69) is 4.98 Å². The zero-order valence-corrected chi connectivity index (χ0v) is 5.77. The molecule has 56 valence electrons. The second kappa shape index (κ2) is 2.09. The Morgan fingerprint density at radius 1 is 1.70 bits per heavy atom. The van der Waals surface area contributed by atoms with Crippen molar-refractivity contribution in [2.45, 2.75) is 0 Å². The van der Waals surface area contributed by atoms with Crippen LogP contribution >= 0.6 is 7.75 Å². The predicted molar refractivity (Wildman–Crippen MR) is 34.1 cm³/mol. The number of nitrogen functional groups attached to an aromatic ring is 1. The minimum atomic E-state index is -4.28. The molecule has 0 aliphatic carbocycles. The lowest BCUT2D eigenvalue weighted by Crippen LogP contribution is -1.98. The Morgan fingerprint density at radius 3 is 2.50 bits per heavy atom. The summed E-state index contributed by atoms with van der Waals surface area (Å²) in [4.78, 5) is 20.5. The van der Waals surface area contributed by atoms with Crippen molar-refractivity contribution in [3.8, 4) is 0 Å². The summed E-state index contributed by atoms with van der Waals surface area (Å²) in [5.41, 5.74) is 5.13.